The molecule has 0 bridgehead atoms. The van der Waals surface area contributed by atoms with Crippen molar-refractivity contribution in [1.29, 1.82) is 0 Å². The van der Waals surface area contributed by atoms with Crippen molar-refractivity contribution in [3.63, 3.8) is 0 Å². The van der Waals surface area contributed by atoms with Crippen LogP contribution < -0.4 is 0 Å². The average Bonchev–Trinajstić information content (AvgIpc) is 2.16. The molecule has 1 N–H and O–H groups in total. The van der Waals surface area contributed by atoms with Crippen molar-refractivity contribution in [2.75, 3.05) is 0 Å². The van der Waals surface area contributed by atoms with Crippen LogP contribution in [0.15, 0.2) is 24.3 Å². The smallest absolute Gasteiger partial charge is 0.309 e. The van der Waals surface area contributed by atoms with E-state index in [-0.39, 0.29) is 19.5 Å². The number of hydrogen-bond acceptors (Lipinski definition) is 1. The molecule has 16 heavy (non-hydrogen) atoms. The molecule has 4 heteroatoms. The molecule has 0 saturated heterocycles. The molecule has 0 fully saturated rings. The van der Waals surface area contributed by atoms with Crippen LogP contribution in [-0.2, 0) is 30.7 Å². The van der Waals surface area contributed by atoms with Crippen LogP contribution in [0.5, 0.6) is 0 Å². The second-order valence-corrected chi connectivity index (χ2v) is 4.69. The zero-order valence-corrected chi connectivity index (χ0v) is 13.4. The van der Waals surface area contributed by atoms with Crippen LogP contribution in [0, 0.1) is 5.41 Å². The van der Waals surface area contributed by atoms with Gasteiger partial charge in [0.15, 0.2) is 0 Å². The minimum atomic E-state index is -0.769. The molecule has 0 aromatic heterocycles. The Balaban J connectivity index is 0.00000225. The van der Waals surface area contributed by atoms with Gasteiger partial charge in [-0.1, -0.05) is 29.8 Å². The summed E-state index contributed by atoms with van der Waals surface area (Å²) in [6.45, 7) is 3.46. The Morgan fingerprint density at radius 1 is 1.38 bits per heavy atom. The first-order valence-electron chi connectivity index (χ1n) is 4.90. The normalized spacial score (nSPS) is 10.7. The molecule has 0 radical (unpaired) electrons. The Bertz CT molecular complexity index is 364. The van der Waals surface area contributed by atoms with Crippen molar-refractivity contribution in [2.45, 2.75) is 26.7 Å². The van der Waals surface area contributed by atoms with Crippen molar-refractivity contribution >= 4 is 17.6 Å². The largest absolute Gasteiger partial charge is 0.481 e. The third-order valence-corrected chi connectivity index (χ3v) is 2.92. The topological polar surface area (TPSA) is 37.3 Å². The van der Waals surface area contributed by atoms with E-state index in [0.717, 1.165) is 5.56 Å². The molecule has 1 rings (SSSR count). The molecule has 0 spiro atoms. The van der Waals surface area contributed by atoms with E-state index in [1.807, 2.05) is 24.3 Å². The van der Waals surface area contributed by atoms with Crippen LogP contribution in [0.3, 0.4) is 0 Å². The van der Waals surface area contributed by atoms with Gasteiger partial charge in [-0.2, -0.15) is 0 Å². The summed E-state index contributed by atoms with van der Waals surface area (Å²) in [5.41, 5.74) is 0.313. The van der Waals surface area contributed by atoms with Gasteiger partial charge in [0.1, 0.15) is 0 Å². The minimum absolute atomic E-state index is 0. The summed E-state index contributed by atoms with van der Waals surface area (Å²) >= 11 is 5.99. The molecular weight excluding hydrogens is 277 g/mol. The second kappa shape index (κ2) is 6.37. The Kier molecular flexibility index (Phi) is 6.21. The van der Waals surface area contributed by atoms with E-state index >= 15 is 0 Å². The minimum Gasteiger partial charge on any atom is -0.481 e. The predicted molar refractivity (Wildman–Crippen MR) is 61.2 cm³/mol. The Labute approximate surface area is 114 Å². The fourth-order valence-electron chi connectivity index (χ4n) is 1.26. The van der Waals surface area contributed by atoms with Gasteiger partial charge < -0.3 is 5.11 Å². The van der Waals surface area contributed by atoms with Crippen LogP contribution in [0.2, 0.25) is 5.02 Å². The molecule has 0 atom stereocenters. The van der Waals surface area contributed by atoms with Gasteiger partial charge >= 0.3 is 5.97 Å². The summed E-state index contributed by atoms with van der Waals surface area (Å²) < 4.78 is 0. The third kappa shape index (κ3) is 4.23. The summed E-state index contributed by atoms with van der Waals surface area (Å²) in [7, 11) is 0. The summed E-state index contributed by atoms with van der Waals surface area (Å²) in [6.07, 6.45) is 1.28. The number of aliphatic carboxylic acids is 1. The fraction of sp³-hybridized carbons (Fsp3) is 0.417. The summed E-state index contributed by atoms with van der Waals surface area (Å²) in [5.74, 6) is -0.769. The molecule has 0 saturated carbocycles. The van der Waals surface area contributed by atoms with E-state index in [1.54, 1.807) is 13.8 Å². The number of halogens is 1. The monoisotopic (exact) mass is 290 g/mol. The van der Waals surface area contributed by atoms with Crippen LogP contribution in [0.1, 0.15) is 25.8 Å². The van der Waals surface area contributed by atoms with Crippen molar-refractivity contribution in [3.05, 3.63) is 34.9 Å². The molecule has 0 aliphatic rings. The van der Waals surface area contributed by atoms with Gasteiger partial charge in [-0.15, -0.1) is 0 Å². The van der Waals surface area contributed by atoms with Crippen LogP contribution in [-0.4, -0.2) is 11.1 Å². The van der Waals surface area contributed by atoms with Gasteiger partial charge in [0.25, 0.3) is 0 Å². The Hall–Kier alpha value is -0.397. The van der Waals surface area contributed by atoms with Gasteiger partial charge in [0.2, 0.25) is 0 Å². The zero-order chi connectivity index (χ0) is 11.5. The van der Waals surface area contributed by atoms with E-state index in [2.05, 4.69) is 0 Å². The molecule has 84 valence electrons. The van der Waals surface area contributed by atoms with Crippen LogP contribution in [0.25, 0.3) is 0 Å². The number of hydrogen-bond donors (Lipinski definition) is 1. The van der Waals surface area contributed by atoms with Crippen molar-refractivity contribution < 1.29 is 29.4 Å². The third-order valence-electron chi connectivity index (χ3n) is 2.56. The van der Waals surface area contributed by atoms with E-state index in [9.17, 15) is 4.79 Å². The van der Waals surface area contributed by atoms with Crippen molar-refractivity contribution in [1.82, 2.24) is 0 Å². The van der Waals surface area contributed by atoms with Crippen molar-refractivity contribution in [2.24, 2.45) is 5.41 Å². The van der Waals surface area contributed by atoms with Crippen molar-refractivity contribution in [3.8, 4) is 0 Å². The van der Waals surface area contributed by atoms with E-state index in [4.69, 9.17) is 16.7 Å². The Morgan fingerprint density at radius 3 is 2.44 bits per heavy atom. The van der Waals surface area contributed by atoms with E-state index in [1.165, 1.54) is 0 Å². The molecule has 0 unspecified atom stereocenters. The Morgan fingerprint density at radius 2 is 1.94 bits per heavy atom. The summed E-state index contributed by atoms with van der Waals surface area (Å²) in [4.78, 5) is 10.9. The standard InChI is InChI=1S/C12H15ClO2.Zn/c1-12(2,11(14)15)8-7-9-5-3-4-6-10(9)13;/h3-6H,7-8H2,1-2H3,(H,14,15);. The van der Waals surface area contributed by atoms with Gasteiger partial charge in [-0.25, -0.2) is 0 Å². The molecule has 1 aromatic rings. The number of carboxylic acids is 1. The second-order valence-electron chi connectivity index (χ2n) is 4.28. The quantitative estimate of drug-likeness (QED) is 0.864. The number of aryl methyl sites for hydroxylation is 1. The zero-order valence-electron chi connectivity index (χ0n) is 9.66. The van der Waals surface area contributed by atoms with Gasteiger partial charge in [0.05, 0.1) is 5.41 Å². The fourth-order valence-corrected chi connectivity index (χ4v) is 1.49. The maximum absolute atomic E-state index is 10.9. The molecular formula is C12H15ClO2Zn. The summed E-state index contributed by atoms with van der Waals surface area (Å²) in [5, 5.41) is 9.66. The van der Waals surface area contributed by atoms with E-state index < -0.39 is 11.4 Å². The number of carboxylic acid groups (broad SMARTS) is 1. The first-order chi connectivity index (χ1) is 6.93. The molecule has 0 heterocycles. The van der Waals surface area contributed by atoms with E-state index in [0.29, 0.717) is 17.9 Å². The predicted octanol–water partition coefficient (Wildman–Crippen LogP) is 3.38. The first kappa shape index (κ1) is 15.6. The average molecular weight is 292 g/mol. The number of rotatable bonds is 4. The molecule has 0 aliphatic carbocycles. The number of benzene rings is 1. The number of carbonyl (C=O) groups is 1. The van der Waals surface area contributed by atoms with Gasteiger partial charge in [-0.05, 0) is 38.3 Å². The summed E-state index contributed by atoms with van der Waals surface area (Å²) in [6, 6.07) is 7.54. The maximum Gasteiger partial charge on any atom is 0.309 e. The van der Waals surface area contributed by atoms with Gasteiger partial charge in [-0.3, -0.25) is 4.79 Å². The SMILES string of the molecule is CC(C)(CCc1ccccc1Cl)C(=O)O.[Zn]. The molecule has 2 nitrogen and oxygen atoms in total. The first-order valence-corrected chi connectivity index (χ1v) is 5.28. The van der Waals surface area contributed by atoms with Gasteiger partial charge in [0, 0.05) is 24.5 Å². The van der Waals surface area contributed by atoms with Crippen LogP contribution in [0.4, 0.5) is 0 Å². The molecule has 0 amide bonds. The molecule has 0 aliphatic heterocycles. The maximum atomic E-state index is 10.9. The van der Waals surface area contributed by atoms with Crippen LogP contribution >= 0.6 is 11.6 Å². The molecule has 1 aromatic carbocycles.